The summed E-state index contributed by atoms with van der Waals surface area (Å²) in [5, 5.41) is 3.72. The predicted octanol–water partition coefficient (Wildman–Crippen LogP) is 2.36. The Morgan fingerprint density at radius 1 is 1.20 bits per heavy atom. The van der Waals surface area contributed by atoms with Crippen molar-refractivity contribution in [1.29, 1.82) is 0 Å². The minimum Gasteiger partial charge on any atom is -0.381 e. The molecule has 2 aliphatic rings. The number of aromatic nitrogens is 3. The Hall–Kier alpha value is -2.53. The number of rotatable bonds is 4. The normalized spacial score (nSPS) is 24.2. The number of alkyl halides is 3. The van der Waals surface area contributed by atoms with Gasteiger partial charge in [0.05, 0.1) is 0 Å². The minimum absolute atomic E-state index is 0.0404. The highest BCUT2D eigenvalue weighted by molar-refractivity contribution is 5.86. The molecule has 0 N–H and O–H groups in total. The Labute approximate surface area is 170 Å². The molecule has 2 aliphatic heterocycles. The van der Waals surface area contributed by atoms with Crippen LogP contribution in [0.5, 0.6) is 0 Å². The molecular weight excluding hydrogens is 405 g/mol. The van der Waals surface area contributed by atoms with Crippen LogP contribution in [0.15, 0.2) is 29.0 Å². The fourth-order valence-corrected chi connectivity index (χ4v) is 4.04. The van der Waals surface area contributed by atoms with E-state index in [1.807, 2.05) is 0 Å². The van der Waals surface area contributed by atoms with E-state index >= 15 is 0 Å². The average molecular weight is 426 g/mol. The topological polar surface area (TPSA) is 90.6 Å². The summed E-state index contributed by atoms with van der Waals surface area (Å²) in [5.74, 6) is -0.970. The first kappa shape index (κ1) is 20.7. The molecule has 4 heterocycles. The van der Waals surface area contributed by atoms with Gasteiger partial charge in [0.15, 0.2) is 11.0 Å². The van der Waals surface area contributed by atoms with Crippen LogP contribution >= 0.6 is 0 Å². The van der Waals surface area contributed by atoms with Crippen LogP contribution in [0.4, 0.5) is 13.2 Å². The summed E-state index contributed by atoms with van der Waals surface area (Å²) in [6, 6.07) is 3.15. The molecule has 0 bridgehead atoms. The van der Waals surface area contributed by atoms with Gasteiger partial charge in [0.2, 0.25) is 11.7 Å². The van der Waals surface area contributed by atoms with Crippen molar-refractivity contribution in [2.45, 2.75) is 36.5 Å². The molecule has 11 heteroatoms. The lowest BCUT2D eigenvalue weighted by molar-refractivity contribution is -0.195. The zero-order chi connectivity index (χ0) is 21.4. The second-order valence-corrected chi connectivity index (χ2v) is 7.53. The van der Waals surface area contributed by atoms with E-state index in [1.54, 1.807) is 12.1 Å². The summed E-state index contributed by atoms with van der Waals surface area (Å²) in [5.41, 5.74) is -3.11. The van der Waals surface area contributed by atoms with Gasteiger partial charge in [-0.2, -0.15) is 18.2 Å². The number of hydrogen-bond acceptors (Lipinski definition) is 7. The number of carbonyl (C=O) groups excluding carboxylic acids is 1. The number of amides is 1. The molecule has 2 fully saturated rings. The molecule has 8 nitrogen and oxygen atoms in total. The Kier molecular flexibility index (Phi) is 5.27. The van der Waals surface area contributed by atoms with Gasteiger partial charge < -0.3 is 18.9 Å². The molecule has 1 amide bonds. The number of carbonyl (C=O) groups is 1. The lowest BCUT2D eigenvalue weighted by atomic mass is 9.86. The molecule has 0 spiro atoms. The average Bonchev–Trinajstić information content (AvgIpc) is 3.42. The van der Waals surface area contributed by atoms with E-state index in [-0.39, 0.29) is 18.8 Å². The maximum atomic E-state index is 14.2. The van der Waals surface area contributed by atoms with Crippen LogP contribution in [0.25, 0.3) is 11.4 Å². The molecule has 1 unspecified atom stereocenters. The fraction of sp³-hybridized carbons (Fsp3) is 0.579. The maximum Gasteiger partial charge on any atom is 0.405 e. The third kappa shape index (κ3) is 3.35. The molecule has 0 radical (unpaired) electrons. The smallest absolute Gasteiger partial charge is 0.381 e. The van der Waals surface area contributed by atoms with Gasteiger partial charge in [0.1, 0.15) is 0 Å². The van der Waals surface area contributed by atoms with Crippen molar-refractivity contribution in [1.82, 2.24) is 20.0 Å². The Balaban J connectivity index is 1.63. The molecular formula is C19H21F3N4O4. The number of likely N-dealkylation sites (tertiary alicyclic amines) is 1. The molecule has 0 aromatic carbocycles. The van der Waals surface area contributed by atoms with Crippen molar-refractivity contribution >= 4 is 5.91 Å². The van der Waals surface area contributed by atoms with Crippen LogP contribution in [-0.2, 0) is 19.7 Å². The molecule has 0 aliphatic carbocycles. The quantitative estimate of drug-likeness (QED) is 0.741. The second kappa shape index (κ2) is 7.62. The summed E-state index contributed by atoms with van der Waals surface area (Å²) < 4.78 is 58.5. The summed E-state index contributed by atoms with van der Waals surface area (Å²) >= 11 is 0. The van der Waals surface area contributed by atoms with Crippen LogP contribution in [0.1, 0.15) is 25.2 Å². The minimum atomic E-state index is -4.68. The van der Waals surface area contributed by atoms with E-state index in [0.717, 1.165) is 0 Å². The lowest BCUT2D eigenvalue weighted by Crippen LogP contribution is -2.54. The van der Waals surface area contributed by atoms with Gasteiger partial charge in [0, 0.05) is 64.2 Å². The number of nitrogens with zero attached hydrogens (tertiary/aromatic N) is 4. The Morgan fingerprint density at radius 2 is 1.90 bits per heavy atom. The summed E-state index contributed by atoms with van der Waals surface area (Å²) in [6.45, 7) is -0.0515. The van der Waals surface area contributed by atoms with E-state index in [4.69, 9.17) is 14.0 Å². The molecule has 2 aromatic rings. The number of halogens is 3. The van der Waals surface area contributed by atoms with E-state index < -0.39 is 35.5 Å². The second-order valence-electron chi connectivity index (χ2n) is 7.53. The third-order valence-corrected chi connectivity index (χ3v) is 5.95. The fourth-order valence-electron chi connectivity index (χ4n) is 4.04. The van der Waals surface area contributed by atoms with Crippen LogP contribution in [0.2, 0.25) is 0 Å². The Bertz CT molecular complexity index is 899. The van der Waals surface area contributed by atoms with Crippen molar-refractivity contribution in [2.75, 3.05) is 33.4 Å². The van der Waals surface area contributed by atoms with Crippen LogP contribution in [-0.4, -0.2) is 71.1 Å². The van der Waals surface area contributed by atoms with Crippen molar-refractivity contribution in [2.24, 2.45) is 0 Å². The highest BCUT2D eigenvalue weighted by Gasteiger charge is 2.64. The van der Waals surface area contributed by atoms with Crippen molar-refractivity contribution in [3.05, 3.63) is 30.4 Å². The third-order valence-electron chi connectivity index (χ3n) is 5.95. The maximum absolute atomic E-state index is 14.2. The number of hydrogen-bond donors (Lipinski definition) is 0. The lowest BCUT2D eigenvalue weighted by Gasteiger charge is -2.37. The largest absolute Gasteiger partial charge is 0.405 e. The van der Waals surface area contributed by atoms with E-state index in [9.17, 15) is 18.0 Å². The van der Waals surface area contributed by atoms with Crippen molar-refractivity contribution in [3.8, 4) is 11.4 Å². The standard InChI is InChI=1S/C19H21F3N4O4/c1-28-18(5-10-29-11-6-18)16(27)26-9-4-17(12-26,19(20,21)22)15-24-14(25-30-15)13-2-7-23-8-3-13/h2-3,7-8H,4-6,9-12H2,1H3. The van der Waals surface area contributed by atoms with Gasteiger partial charge >= 0.3 is 6.18 Å². The number of methoxy groups -OCH3 is 1. The summed E-state index contributed by atoms with van der Waals surface area (Å²) in [6.07, 6.45) is -1.48. The number of ether oxygens (including phenoxy) is 2. The van der Waals surface area contributed by atoms with Crippen LogP contribution < -0.4 is 0 Å². The van der Waals surface area contributed by atoms with Gasteiger partial charge in [-0.15, -0.1) is 0 Å². The monoisotopic (exact) mass is 426 g/mol. The molecule has 1 atom stereocenters. The van der Waals surface area contributed by atoms with Gasteiger partial charge in [-0.25, -0.2) is 0 Å². The first-order valence-electron chi connectivity index (χ1n) is 9.55. The summed E-state index contributed by atoms with van der Waals surface area (Å²) in [4.78, 5) is 22.2. The van der Waals surface area contributed by atoms with E-state index in [1.165, 1.54) is 24.4 Å². The molecule has 162 valence electrons. The van der Waals surface area contributed by atoms with Crippen molar-refractivity contribution in [3.63, 3.8) is 0 Å². The predicted molar refractivity (Wildman–Crippen MR) is 96.3 cm³/mol. The molecule has 0 saturated carbocycles. The zero-order valence-electron chi connectivity index (χ0n) is 16.3. The highest BCUT2D eigenvalue weighted by Crippen LogP contribution is 2.48. The molecule has 30 heavy (non-hydrogen) atoms. The zero-order valence-corrected chi connectivity index (χ0v) is 16.3. The molecule has 2 saturated heterocycles. The molecule has 2 aromatic heterocycles. The van der Waals surface area contributed by atoms with Gasteiger partial charge in [0.25, 0.3) is 5.91 Å². The van der Waals surface area contributed by atoms with E-state index in [0.29, 0.717) is 31.6 Å². The highest BCUT2D eigenvalue weighted by atomic mass is 19.4. The van der Waals surface area contributed by atoms with Crippen LogP contribution in [0, 0.1) is 0 Å². The van der Waals surface area contributed by atoms with Gasteiger partial charge in [-0.1, -0.05) is 5.16 Å². The van der Waals surface area contributed by atoms with Crippen LogP contribution in [0.3, 0.4) is 0 Å². The SMILES string of the molecule is COC1(C(=O)N2CCC(c3nc(-c4ccncc4)no3)(C(F)(F)F)C2)CCOCC1. The first-order chi connectivity index (χ1) is 14.3. The van der Waals surface area contributed by atoms with Crippen molar-refractivity contribution < 1.29 is 32.0 Å². The summed E-state index contributed by atoms with van der Waals surface area (Å²) in [7, 11) is 1.40. The number of pyridine rings is 1. The Morgan fingerprint density at radius 3 is 2.53 bits per heavy atom. The first-order valence-corrected chi connectivity index (χ1v) is 9.55. The molecule has 4 rings (SSSR count). The van der Waals surface area contributed by atoms with Gasteiger partial charge in [-0.05, 0) is 18.6 Å². The van der Waals surface area contributed by atoms with Gasteiger partial charge in [-0.3, -0.25) is 9.78 Å². The van der Waals surface area contributed by atoms with E-state index in [2.05, 4.69) is 15.1 Å².